The number of aromatic nitrogens is 2. The molecule has 6 heteroatoms. The Hall–Kier alpha value is -1.53. The van der Waals surface area contributed by atoms with Crippen LogP contribution in [0.5, 0.6) is 0 Å². The highest BCUT2D eigenvalue weighted by Crippen LogP contribution is 2.24. The summed E-state index contributed by atoms with van der Waals surface area (Å²) >= 11 is 1.70. The number of hydrogen-bond donors (Lipinski definition) is 1. The van der Waals surface area contributed by atoms with E-state index >= 15 is 0 Å². The Morgan fingerprint density at radius 3 is 3.00 bits per heavy atom. The van der Waals surface area contributed by atoms with Crippen LogP contribution in [0.2, 0.25) is 0 Å². The number of hydrogen-bond acceptors (Lipinski definition) is 6. The van der Waals surface area contributed by atoms with Crippen molar-refractivity contribution in [1.82, 2.24) is 10.1 Å². The van der Waals surface area contributed by atoms with Crippen molar-refractivity contribution in [1.29, 1.82) is 0 Å². The lowest BCUT2D eigenvalue weighted by molar-refractivity contribution is 0.210. The van der Waals surface area contributed by atoms with Gasteiger partial charge in [-0.25, -0.2) is 0 Å². The quantitative estimate of drug-likeness (QED) is 0.621. The third-order valence-electron chi connectivity index (χ3n) is 2.50. The number of nitrogens with zero attached hydrogens (tertiary/aromatic N) is 2. The first-order valence-electron chi connectivity index (χ1n) is 6.03. The number of benzene rings is 1. The molecule has 0 saturated heterocycles. The molecular formula is C13H17N3O2S. The molecule has 0 unspecified atom stereocenters. The molecular weight excluding hydrogens is 262 g/mol. The lowest BCUT2D eigenvalue weighted by atomic mass is 10.2. The van der Waals surface area contributed by atoms with Gasteiger partial charge in [-0.2, -0.15) is 4.98 Å². The zero-order valence-corrected chi connectivity index (χ0v) is 11.9. The van der Waals surface area contributed by atoms with Crippen molar-refractivity contribution in [3.63, 3.8) is 0 Å². The molecule has 0 aliphatic heterocycles. The van der Waals surface area contributed by atoms with Crippen LogP contribution in [0.25, 0.3) is 0 Å². The summed E-state index contributed by atoms with van der Waals surface area (Å²) in [5, 5.41) is 6.93. The third-order valence-corrected chi connectivity index (χ3v) is 3.67. The topological polar surface area (TPSA) is 60.2 Å². The maximum Gasteiger partial charge on any atom is 0.321 e. The molecule has 0 aliphatic carbocycles. The highest BCUT2D eigenvalue weighted by atomic mass is 32.2. The van der Waals surface area contributed by atoms with Gasteiger partial charge in [-0.1, -0.05) is 23.4 Å². The van der Waals surface area contributed by atoms with Gasteiger partial charge in [0, 0.05) is 18.6 Å². The Kier molecular flexibility index (Phi) is 5.23. The molecule has 0 aliphatic rings. The van der Waals surface area contributed by atoms with E-state index in [1.54, 1.807) is 18.9 Å². The lowest BCUT2D eigenvalue weighted by Gasteiger charge is -2.02. The number of ether oxygens (including phenoxy) is 1. The van der Waals surface area contributed by atoms with E-state index in [9.17, 15) is 0 Å². The highest BCUT2D eigenvalue weighted by molar-refractivity contribution is 7.98. The summed E-state index contributed by atoms with van der Waals surface area (Å²) in [6.07, 6.45) is 0. The summed E-state index contributed by atoms with van der Waals surface area (Å²) in [5.41, 5.74) is 1.26. The maximum atomic E-state index is 5.09. The molecule has 1 heterocycles. The van der Waals surface area contributed by atoms with E-state index in [-0.39, 0.29) is 0 Å². The molecule has 1 N–H and O–H groups in total. The van der Waals surface area contributed by atoms with E-state index in [1.807, 2.05) is 12.1 Å². The van der Waals surface area contributed by atoms with Gasteiger partial charge in [-0.05, 0) is 18.6 Å². The molecule has 0 bridgehead atoms. The Bertz CT molecular complexity index is 516. The molecule has 0 fully saturated rings. The van der Waals surface area contributed by atoms with E-state index in [2.05, 4.69) is 34.5 Å². The van der Waals surface area contributed by atoms with Crippen LogP contribution in [-0.4, -0.2) is 30.4 Å². The van der Waals surface area contributed by atoms with Crippen molar-refractivity contribution < 1.29 is 9.26 Å². The smallest absolute Gasteiger partial charge is 0.321 e. The van der Waals surface area contributed by atoms with Crippen molar-refractivity contribution in [3.8, 4) is 0 Å². The maximum absolute atomic E-state index is 5.09. The predicted octanol–water partition coefficient (Wildman–Crippen LogP) is 2.73. The zero-order chi connectivity index (χ0) is 13.5. The van der Waals surface area contributed by atoms with Crippen LogP contribution < -0.4 is 5.32 Å². The van der Waals surface area contributed by atoms with Crippen molar-refractivity contribution in [3.05, 3.63) is 35.7 Å². The molecule has 2 rings (SSSR count). The number of methoxy groups -OCH3 is 1. The summed E-state index contributed by atoms with van der Waals surface area (Å²) in [6, 6.07) is 8.70. The van der Waals surface area contributed by atoms with Crippen LogP contribution >= 0.6 is 11.8 Å². The fraction of sp³-hybridized carbons (Fsp3) is 0.385. The summed E-state index contributed by atoms with van der Waals surface area (Å²) in [7, 11) is 1.65. The van der Waals surface area contributed by atoms with Gasteiger partial charge in [0.2, 0.25) is 0 Å². The average Bonchev–Trinajstić information content (AvgIpc) is 2.86. The van der Waals surface area contributed by atoms with E-state index in [0.29, 0.717) is 30.7 Å². The van der Waals surface area contributed by atoms with Gasteiger partial charge in [0.25, 0.3) is 0 Å². The van der Waals surface area contributed by atoms with Gasteiger partial charge in [-0.3, -0.25) is 0 Å². The SMILES string of the molecule is COCCNc1nc(CSc2ccccc2C)no1. The van der Waals surface area contributed by atoms with E-state index in [0.717, 1.165) is 0 Å². The predicted molar refractivity (Wildman–Crippen MR) is 75.4 cm³/mol. The Morgan fingerprint density at radius 1 is 1.37 bits per heavy atom. The number of aryl methyl sites for hydroxylation is 1. The van der Waals surface area contributed by atoms with E-state index in [1.165, 1.54) is 10.5 Å². The second-order valence-electron chi connectivity index (χ2n) is 3.99. The summed E-state index contributed by atoms with van der Waals surface area (Å²) < 4.78 is 10.0. The molecule has 0 atom stereocenters. The second-order valence-corrected chi connectivity index (χ2v) is 5.01. The normalized spacial score (nSPS) is 10.6. The summed E-state index contributed by atoms with van der Waals surface area (Å²) in [5.74, 6) is 1.38. The van der Waals surface area contributed by atoms with Crippen LogP contribution in [0.4, 0.5) is 6.01 Å². The molecule has 0 saturated carbocycles. The van der Waals surface area contributed by atoms with E-state index < -0.39 is 0 Å². The van der Waals surface area contributed by atoms with Gasteiger partial charge < -0.3 is 14.6 Å². The van der Waals surface area contributed by atoms with Gasteiger partial charge in [0.05, 0.1) is 12.4 Å². The first-order chi connectivity index (χ1) is 9.29. The second kappa shape index (κ2) is 7.16. The van der Waals surface area contributed by atoms with Crippen LogP contribution in [0.3, 0.4) is 0 Å². The number of anilines is 1. The highest BCUT2D eigenvalue weighted by Gasteiger charge is 2.06. The van der Waals surface area contributed by atoms with Crippen LogP contribution in [-0.2, 0) is 10.5 Å². The number of nitrogens with one attached hydrogen (secondary N) is 1. The van der Waals surface area contributed by atoms with Gasteiger partial charge in [0.1, 0.15) is 0 Å². The van der Waals surface area contributed by atoms with E-state index in [4.69, 9.17) is 9.26 Å². The molecule has 5 nitrogen and oxygen atoms in total. The zero-order valence-electron chi connectivity index (χ0n) is 11.0. The lowest BCUT2D eigenvalue weighted by Crippen LogP contribution is -2.07. The van der Waals surface area contributed by atoms with Gasteiger partial charge in [0.15, 0.2) is 5.82 Å². The van der Waals surface area contributed by atoms with Crippen molar-refractivity contribution in [2.75, 3.05) is 25.6 Å². The molecule has 0 spiro atoms. The van der Waals surface area contributed by atoms with Crippen LogP contribution in [0, 0.1) is 6.92 Å². The van der Waals surface area contributed by atoms with Crippen molar-refractivity contribution >= 4 is 17.8 Å². The standard InChI is InChI=1S/C13H17N3O2S/c1-10-5-3-4-6-11(10)19-9-12-15-13(18-16-12)14-7-8-17-2/h3-6H,7-9H2,1-2H3,(H,14,15,16). The Balaban J connectivity index is 1.85. The monoisotopic (exact) mass is 279 g/mol. The van der Waals surface area contributed by atoms with Crippen molar-refractivity contribution in [2.45, 2.75) is 17.6 Å². The molecule has 1 aromatic heterocycles. The number of thioether (sulfide) groups is 1. The van der Waals surface area contributed by atoms with Gasteiger partial charge in [-0.15, -0.1) is 11.8 Å². The molecule has 2 aromatic rings. The average molecular weight is 279 g/mol. The van der Waals surface area contributed by atoms with Crippen molar-refractivity contribution in [2.24, 2.45) is 0 Å². The molecule has 19 heavy (non-hydrogen) atoms. The van der Waals surface area contributed by atoms with Crippen LogP contribution in [0.15, 0.2) is 33.7 Å². The molecule has 0 amide bonds. The largest absolute Gasteiger partial charge is 0.383 e. The Labute approximate surface area is 116 Å². The fourth-order valence-electron chi connectivity index (χ4n) is 1.51. The minimum atomic E-state index is 0.442. The fourth-order valence-corrected chi connectivity index (χ4v) is 2.38. The molecule has 1 aromatic carbocycles. The summed E-state index contributed by atoms with van der Waals surface area (Å²) in [4.78, 5) is 5.50. The minimum Gasteiger partial charge on any atom is -0.383 e. The summed E-state index contributed by atoms with van der Waals surface area (Å²) in [6.45, 7) is 3.36. The third kappa shape index (κ3) is 4.25. The van der Waals surface area contributed by atoms with Crippen LogP contribution in [0.1, 0.15) is 11.4 Å². The first-order valence-corrected chi connectivity index (χ1v) is 7.02. The molecule has 0 radical (unpaired) electrons. The van der Waals surface area contributed by atoms with Gasteiger partial charge >= 0.3 is 6.01 Å². The minimum absolute atomic E-state index is 0.442. The number of rotatable bonds is 7. The Morgan fingerprint density at radius 2 is 2.21 bits per heavy atom. The first kappa shape index (κ1) is 13.9. The molecule has 102 valence electrons.